The molecule has 0 saturated heterocycles. The van der Waals surface area contributed by atoms with E-state index in [1.807, 2.05) is 38.2 Å². The standard InChI is InChI=1S/C29H30BrN7O3/c1-15-9-10-25(30)33-28(15)34-29(40)16(2)36(5)26(39)14-37-24-11-19-7-6-8-23-22(13-31-18(4)32-23)20(19)12-21(24)27(35-37)17(3)38/h9-13,16H,6-8,14H2,1-5H3,(H,33,34,40)/t16-/m0/s1. The van der Waals surface area contributed by atoms with Gasteiger partial charge in [-0.15, -0.1) is 0 Å². The highest BCUT2D eigenvalue weighted by molar-refractivity contribution is 9.10. The topological polar surface area (TPSA) is 123 Å². The molecule has 1 N–H and O–H groups in total. The van der Waals surface area contributed by atoms with Gasteiger partial charge in [0.2, 0.25) is 11.8 Å². The lowest BCUT2D eigenvalue weighted by Gasteiger charge is -2.24. The number of fused-ring (bicyclic) bond motifs is 4. The summed E-state index contributed by atoms with van der Waals surface area (Å²) >= 11 is 3.32. The van der Waals surface area contributed by atoms with Crippen LogP contribution in [-0.2, 0) is 29.0 Å². The Morgan fingerprint density at radius 1 is 1.12 bits per heavy atom. The molecule has 1 atom stereocenters. The Bertz CT molecular complexity index is 1680. The molecule has 5 rings (SSSR count). The van der Waals surface area contributed by atoms with Crippen molar-refractivity contribution in [3.63, 3.8) is 0 Å². The molecule has 0 spiro atoms. The number of aryl methyl sites for hydroxylation is 4. The van der Waals surface area contributed by atoms with Crippen LogP contribution in [0.3, 0.4) is 0 Å². The van der Waals surface area contributed by atoms with E-state index >= 15 is 0 Å². The molecule has 0 radical (unpaired) electrons. The molecule has 1 aromatic carbocycles. The largest absolute Gasteiger partial charge is 0.332 e. The third-order valence-corrected chi connectivity index (χ3v) is 7.83. The molecule has 2 amide bonds. The average molecular weight is 605 g/mol. The Labute approximate surface area is 240 Å². The van der Waals surface area contributed by atoms with Crippen molar-refractivity contribution < 1.29 is 14.4 Å². The fourth-order valence-corrected chi connectivity index (χ4v) is 5.27. The smallest absolute Gasteiger partial charge is 0.248 e. The van der Waals surface area contributed by atoms with Crippen LogP contribution >= 0.6 is 15.9 Å². The molecular weight excluding hydrogens is 574 g/mol. The lowest BCUT2D eigenvalue weighted by molar-refractivity contribution is -0.137. The van der Waals surface area contributed by atoms with E-state index in [1.54, 1.807) is 24.7 Å². The number of Topliss-reactive ketones (excluding diaryl/α,β-unsaturated/α-hetero) is 1. The number of ketones is 1. The lowest BCUT2D eigenvalue weighted by Crippen LogP contribution is -2.44. The third-order valence-electron chi connectivity index (χ3n) is 7.39. The molecule has 3 heterocycles. The number of carbonyl (C=O) groups is 3. The van der Waals surface area contributed by atoms with Crippen molar-refractivity contribution in [2.45, 2.75) is 59.5 Å². The predicted octanol–water partition coefficient (Wildman–Crippen LogP) is 4.44. The van der Waals surface area contributed by atoms with Crippen molar-refractivity contribution in [1.29, 1.82) is 0 Å². The summed E-state index contributed by atoms with van der Waals surface area (Å²) in [5.41, 5.74) is 5.86. The van der Waals surface area contributed by atoms with Gasteiger partial charge in [0.15, 0.2) is 5.78 Å². The summed E-state index contributed by atoms with van der Waals surface area (Å²) in [5.74, 6) is 0.294. The second-order valence-corrected chi connectivity index (χ2v) is 11.0. The van der Waals surface area contributed by atoms with Crippen LogP contribution in [0.2, 0.25) is 0 Å². The first kappa shape index (κ1) is 27.6. The number of nitrogens with zero attached hydrogens (tertiary/aromatic N) is 6. The zero-order valence-electron chi connectivity index (χ0n) is 23.1. The van der Waals surface area contributed by atoms with Crippen molar-refractivity contribution in [2.75, 3.05) is 12.4 Å². The first-order chi connectivity index (χ1) is 19.0. The summed E-state index contributed by atoms with van der Waals surface area (Å²) in [4.78, 5) is 53.6. The number of pyridine rings is 1. The average Bonchev–Trinajstić information content (AvgIpc) is 3.16. The van der Waals surface area contributed by atoms with E-state index < -0.39 is 6.04 Å². The van der Waals surface area contributed by atoms with Gasteiger partial charge in [0, 0.05) is 31.1 Å². The molecular formula is C29H30BrN7O3. The summed E-state index contributed by atoms with van der Waals surface area (Å²) in [7, 11) is 1.58. The minimum absolute atomic E-state index is 0.121. The Morgan fingerprint density at radius 3 is 2.65 bits per heavy atom. The molecule has 0 saturated carbocycles. The molecule has 4 aromatic rings. The van der Waals surface area contributed by atoms with E-state index in [9.17, 15) is 14.4 Å². The van der Waals surface area contributed by atoms with E-state index in [1.165, 1.54) is 11.8 Å². The summed E-state index contributed by atoms with van der Waals surface area (Å²) in [5, 5.41) is 8.02. The van der Waals surface area contributed by atoms with Crippen molar-refractivity contribution >= 4 is 50.2 Å². The number of anilines is 1. The molecule has 11 heteroatoms. The van der Waals surface area contributed by atoms with Crippen LogP contribution in [0.4, 0.5) is 5.82 Å². The van der Waals surface area contributed by atoms with Crippen molar-refractivity contribution in [2.24, 2.45) is 0 Å². The molecule has 1 aliphatic rings. The number of rotatable bonds is 6. The number of carbonyl (C=O) groups excluding carboxylic acids is 3. The normalized spacial score (nSPS) is 13.2. The van der Waals surface area contributed by atoms with E-state index in [-0.39, 0.29) is 24.1 Å². The van der Waals surface area contributed by atoms with Crippen LogP contribution in [0.1, 0.15) is 53.4 Å². The number of hydrogen-bond acceptors (Lipinski definition) is 7. The minimum Gasteiger partial charge on any atom is -0.332 e. The van der Waals surface area contributed by atoms with Gasteiger partial charge in [0.25, 0.3) is 0 Å². The lowest BCUT2D eigenvalue weighted by atomic mass is 9.97. The summed E-state index contributed by atoms with van der Waals surface area (Å²) in [6.07, 6.45) is 4.45. The van der Waals surface area contributed by atoms with Gasteiger partial charge in [-0.25, -0.2) is 15.0 Å². The first-order valence-electron chi connectivity index (χ1n) is 13.1. The molecule has 0 bridgehead atoms. The summed E-state index contributed by atoms with van der Waals surface area (Å²) in [6, 6.07) is 6.86. The minimum atomic E-state index is -0.766. The maximum Gasteiger partial charge on any atom is 0.248 e. The van der Waals surface area contributed by atoms with E-state index in [4.69, 9.17) is 0 Å². The molecule has 0 aliphatic heterocycles. The fourth-order valence-electron chi connectivity index (χ4n) is 4.96. The molecule has 0 unspecified atom stereocenters. The maximum atomic E-state index is 13.4. The number of halogens is 1. The molecule has 40 heavy (non-hydrogen) atoms. The number of likely N-dealkylation sites (N-methyl/N-ethyl adjacent to an activating group) is 1. The quantitative estimate of drug-likeness (QED) is 0.255. The van der Waals surface area contributed by atoms with Crippen molar-refractivity contribution in [3.8, 4) is 11.1 Å². The van der Waals surface area contributed by atoms with Crippen LogP contribution in [0.15, 0.2) is 35.1 Å². The highest BCUT2D eigenvalue weighted by atomic mass is 79.9. The molecule has 1 aliphatic carbocycles. The highest BCUT2D eigenvalue weighted by Gasteiger charge is 2.26. The number of hydrogen-bond donors (Lipinski definition) is 1. The fraction of sp³-hybridized carbons (Fsp3) is 0.345. The third kappa shape index (κ3) is 5.25. The Kier molecular flexibility index (Phi) is 7.50. The first-order valence-corrected chi connectivity index (χ1v) is 13.9. The number of amides is 2. The Hall–Kier alpha value is -3.99. The maximum absolute atomic E-state index is 13.4. The van der Waals surface area contributed by atoms with E-state index in [0.29, 0.717) is 27.0 Å². The van der Waals surface area contributed by atoms with Gasteiger partial charge in [-0.1, -0.05) is 6.07 Å². The number of benzene rings is 1. The van der Waals surface area contributed by atoms with Crippen molar-refractivity contribution in [3.05, 3.63) is 63.4 Å². The van der Waals surface area contributed by atoms with Crippen LogP contribution in [0, 0.1) is 13.8 Å². The highest BCUT2D eigenvalue weighted by Crippen LogP contribution is 2.35. The van der Waals surface area contributed by atoms with Crippen LogP contribution in [0.25, 0.3) is 22.0 Å². The van der Waals surface area contributed by atoms with E-state index in [0.717, 1.165) is 53.0 Å². The number of nitrogens with one attached hydrogen (secondary N) is 1. The summed E-state index contributed by atoms with van der Waals surface area (Å²) < 4.78 is 2.16. The van der Waals surface area contributed by atoms with Crippen molar-refractivity contribution in [1.82, 2.24) is 29.6 Å². The van der Waals surface area contributed by atoms with Gasteiger partial charge in [-0.05, 0) is 90.9 Å². The van der Waals surface area contributed by atoms with Gasteiger partial charge < -0.3 is 10.2 Å². The van der Waals surface area contributed by atoms with Gasteiger partial charge in [-0.2, -0.15) is 5.10 Å². The van der Waals surface area contributed by atoms with E-state index in [2.05, 4.69) is 41.3 Å². The van der Waals surface area contributed by atoms with Gasteiger partial charge in [0.1, 0.15) is 34.5 Å². The molecule has 3 aromatic heterocycles. The number of aromatic nitrogens is 5. The SMILES string of the molecule is CC(=O)c1nn(CC(=O)N(C)[C@@H](C)C(=O)Nc2nc(Br)ccc2C)c2cc3c(cc12)-c1cnc(C)nc1CCC3. The van der Waals surface area contributed by atoms with Gasteiger partial charge >= 0.3 is 0 Å². The summed E-state index contributed by atoms with van der Waals surface area (Å²) in [6.45, 7) is 6.73. The second-order valence-electron chi connectivity index (χ2n) is 10.2. The monoisotopic (exact) mass is 603 g/mol. The van der Waals surface area contributed by atoms with Gasteiger partial charge in [0.05, 0.1) is 11.2 Å². The molecule has 206 valence electrons. The van der Waals surface area contributed by atoms with Crippen LogP contribution in [0.5, 0.6) is 0 Å². The van der Waals surface area contributed by atoms with Crippen LogP contribution in [-0.4, -0.2) is 60.3 Å². The second kappa shape index (κ2) is 10.9. The van der Waals surface area contributed by atoms with Crippen LogP contribution < -0.4 is 5.32 Å². The Morgan fingerprint density at radius 2 is 1.90 bits per heavy atom. The molecule has 10 nitrogen and oxygen atoms in total. The predicted molar refractivity (Wildman–Crippen MR) is 155 cm³/mol. The zero-order valence-corrected chi connectivity index (χ0v) is 24.7. The zero-order chi connectivity index (χ0) is 28.7. The van der Waals surface area contributed by atoms with Gasteiger partial charge in [-0.3, -0.25) is 19.1 Å². The molecule has 0 fully saturated rings. The Balaban J connectivity index is 1.44.